The number of aryl methyl sites for hydroxylation is 1. The topological polar surface area (TPSA) is 74.5 Å². The second kappa shape index (κ2) is 6.21. The van der Waals surface area contributed by atoms with Crippen LogP contribution in [0.4, 0.5) is 14.9 Å². The van der Waals surface area contributed by atoms with Crippen molar-refractivity contribution in [3.8, 4) is 0 Å². The van der Waals surface area contributed by atoms with Crippen LogP contribution < -0.4 is 10.6 Å². The number of urea groups is 1. The van der Waals surface area contributed by atoms with Gasteiger partial charge in [0.15, 0.2) is 0 Å². The molecular formula is C14H15FN2O3. The average Bonchev–Trinajstić information content (AvgIpc) is 2.93. The minimum absolute atomic E-state index is 0.0349. The maximum Gasteiger partial charge on any atom is 0.319 e. The van der Waals surface area contributed by atoms with E-state index < -0.39 is 18.0 Å². The van der Waals surface area contributed by atoms with Crippen LogP contribution in [0.2, 0.25) is 0 Å². The van der Waals surface area contributed by atoms with Gasteiger partial charge in [0, 0.05) is 0 Å². The number of aliphatic hydroxyl groups is 1. The first kappa shape index (κ1) is 14.1. The van der Waals surface area contributed by atoms with Gasteiger partial charge in [-0.3, -0.25) is 0 Å². The van der Waals surface area contributed by atoms with Crippen molar-refractivity contribution in [2.75, 3.05) is 11.9 Å². The highest BCUT2D eigenvalue weighted by Gasteiger charge is 2.12. The van der Waals surface area contributed by atoms with Crippen molar-refractivity contribution >= 4 is 11.7 Å². The van der Waals surface area contributed by atoms with Crippen LogP contribution in [-0.4, -0.2) is 17.7 Å². The summed E-state index contributed by atoms with van der Waals surface area (Å²) in [6.07, 6.45) is 0.485. The third-order valence-corrected chi connectivity index (χ3v) is 2.70. The zero-order valence-corrected chi connectivity index (χ0v) is 10.9. The van der Waals surface area contributed by atoms with E-state index in [2.05, 4.69) is 10.6 Å². The normalized spacial score (nSPS) is 11.9. The lowest BCUT2D eigenvalue weighted by Crippen LogP contribution is -2.32. The second-order valence-electron chi connectivity index (χ2n) is 4.35. The number of amides is 2. The van der Waals surface area contributed by atoms with E-state index >= 15 is 0 Å². The molecule has 0 aliphatic carbocycles. The number of anilines is 1. The number of nitrogens with one attached hydrogen (secondary N) is 2. The number of carbonyl (C=O) groups is 1. The molecule has 0 saturated heterocycles. The summed E-state index contributed by atoms with van der Waals surface area (Å²) in [5, 5.41) is 14.5. The molecule has 0 fully saturated rings. The Hall–Kier alpha value is -2.34. The highest BCUT2D eigenvalue weighted by Crippen LogP contribution is 2.15. The summed E-state index contributed by atoms with van der Waals surface area (Å²) in [5.41, 5.74) is 0.849. The van der Waals surface area contributed by atoms with E-state index in [-0.39, 0.29) is 12.2 Å². The van der Waals surface area contributed by atoms with Gasteiger partial charge in [-0.05, 0) is 36.8 Å². The fraction of sp³-hybridized carbons (Fsp3) is 0.214. The zero-order chi connectivity index (χ0) is 14.5. The van der Waals surface area contributed by atoms with E-state index in [4.69, 9.17) is 4.42 Å². The summed E-state index contributed by atoms with van der Waals surface area (Å²) in [6.45, 7) is 1.72. The Morgan fingerprint density at radius 3 is 2.90 bits per heavy atom. The van der Waals surface area contributed by atoms with Gasteiger partial charge in [0.25, 0.3) is 0 Å². The minimum Gasteiger partial charge on any atom is -0.467 e. The Kier molecular flexibility index (Phi) is 4.37. The van der Waals surface area contributed by atoms with E-state index in [1.165, 1.54) is 18.4 Å². The van der Waals surface area contributed by atoms with Crippen molar-refractivity contribution in [1.29, 1.82) is 0 Å². The molecule has 1 atom stereocenters. The first-order chi connectivity index (χ1) is 9.56. The number of rotatable bonds is 4. The molecule has 1 aromatic heterocycles. The average molecular weight is 278 g/mol. The van der Waals surface area contributed by atoms with E-state index in [0.717, 1.165) is 5.56 Å². The molecule has 0 spiro atoms. The Bertz CT molecular complexity index is 584. The van der Waals surface area contributed by atoms with Gasteiger partial charge < -0.3 is 20.2 Å². The molecule has 1 heterocycles. The lowest BCUT2D eigenvalue weighted by Gasteiger charge is -2.11. The molecule has 2 aromatic rings. The van der Waals surface area contributed by atoms with Crippen LogP contribution in [0.15, 0.2) is 41.0 Å². The van der Waals surface area contributed by atoms with Crippen molar-refractivity contribution in [1.82, 2.24) is 5.32 Å². The molecule has 0 saturated carbocycles. The molecule has 0 aliphatic rings. The molecule has 6 heteroatoms. The number of hydrogen-bond donors (Lipinski definition) is 3. The SMILES string of the molecule is Cc1ccc(NC(=O)NCC(O)c2ccco2)c(F)c1. The van der Waals surface area contributed by atoms with Crippen molar-refractivity contribution < 1.29 is 18.7 Å². The molecule has 2 amide bonds. The molecule has 1 unspecified atom stereocenters. The second-order valence-corrected chi connectivity index (χ2v) is 4.35. The lowest BCUT2D eigenvalue weighted by atomic mass is 10.2. The van der Waals surface area contributed by atoms with Crippen LogP contribution in [-0.2, 0) is 0 Å². The van der Waals surface area contributed by atoms with Crippen molar-refractivity contribution in [3.63, 3.8) is 0 Å². The molecule has 106 valence electrons. The Labute approximate surface area is 115 Å². The number of benzene rings is 1. The van der Waals surface area contributed by atoms with Crippen molar-refractivity contribution in [2.45, 2.75) is 13.0 Å². The van der Waals surface area contributed by atoms with Gasteiger partial charge in [-0.25, -0.2) is 9.18 Å². The van der Waals surface area contributed by atoms with Gasteiger partial charge in [0.05, 0.1) is 18.5 Å². The Morgan fingerprint density at radius 1 is 1.45 bits per heavy atom. The first-order valence-corrected chi connectivity index (χ1v) is 6.08. The van der Waals surface area contributed by atoms with Crippen molar-refractivity contribution in [2.24, 2.45) is 0 Å². The molecule has 0 bridgehead atoms. The number of aliphatic hydroxyl groups excluding tert-OH is 1. The Morgan fingerprint density at radius 2 is 2.25 bits per heavy atom. The summed E-state index contributed by atoms with van der Waals surface area (Å²) >= 11 is 0. The van der Waals surface area contributed by atoms with Crippen LogP contribution in [0.25, 0.3) is 0 Å². The summed E-state index contributed by atoms with van der Waals surface area (Å²) in [7, 11) is 0. The van der Waals surface area contributed by atoms with E-state index in [0.29, 0.717) is 5.76 Å². The van der Waals surface area contributed by atoms with Gasteiger partial charge in [-0.15, -0.1) is 0 Å². The molecule has 5 nitrogen and oxygen atoms in total. The quantitative estimate of drug-likeness (QED) is 0.804. The number of hydrogen-bond acceptors (Lipinski definition) is 3. The van der Waals surface area contributed by atoms with Gasteiger partial charge in [0.2, 0.25) is 0 Å². The Balaban J connectivity index is 1.86. The maximum absolute atomic E-state index is 13.5. The number of carbonyl (C=O) groups excluding carboxylic acids is 1. The molecule has 0 aliphatic heterocycles. The van der Waals surface area contributed by atoms with Crippen LogP contribution in [0.1, 0.15) is 17.4 Å². The summed E-state index contributed by atoms with van der Waals surface area (Å²) in [6, 6.07) is 7.14. The van der Waals surface area contributed by atoms with Gasteiger partial charge >= 0.3 is 6.03 Å². The lowest BCUT2D eigenvalue weighted by molar-refractivity contribution is 0.149. The molecule has 3 N–H and O–H groups in total. The monoisotopic (exact) mass is 278 g/mol. The largest absolute Gasteiger partial charge is 0.467 e. The fourth-order valence-corrected chi connectivity index (χ4v) is 1.66. The number of furan rings is 1. The third-order valence-electron chi connectivity index (χ3n) is 2.70. The van der Waals surface area contributed by atoms with Crippen LogP contribution in [0.5, 0.6) is 0 Å². The standard InChI is InChI=1S/C14H15FN2O3/c1-9-4-5-11(10(15)7-9)17-14(19)16-8-12(18)13-3-2-6-20-13/h2-7,12,18H,8H2,1H3,(H2,16,17,19). The van der Waals surface area contributed by atoms with Crippen LogP contribution in [0, 0.1) is 12.7 Å². The van der Waals surface area contributed by atoms with Gasteiger partial charge in [0.1, 0.15) is 17.7 Å². The van der Waals surface area contributed by atoms with Gasteiger partial charge in [-0.1, -0.05) is 6.07 Å². The van der Waals surface area contributed by atoms with E-state index in [9.17, 15) is 14.3 Å². The first-order valence-electron chi connectivity index (χ1n) is 6.08. The number of halogens is 1. The maximum atomic E-state index is 13.5. The molecule has 1 aromatic carbocycles. The van der Waals surface area contributed by atoms with E-state index in [1.807, 2.05) is 0 Å². The van der Waals surface area contributed by atoms with Crippen LogP contribution in [0.3, 0.4) is 0 Å². The molecule has 2 rings (SSSR count). The predicted octanol–water partition coefficient (Wildman–Crippen LogP) is 2.58. The van der Waals surface area contributed by atoms with Crippen LogP contribution >= 0.6 is 0 Å². The fourth-order valence-electron chi connectivity index (χ4n) is 1.66. The highest BCUT2D eigenvalue weighted by atomic mass is 19.1. The molecule has 0 radical (unpaired) electrons. The minimum atomic E-state index is -0.946. The third kappa shape index (κ3) is 3.58. The van der Waals surface area contributed by atoms with E-state index in [1.54, 1.807) is 25.1 Å². The molecule has 20 heavy (non-hydrogen) atoms. The van der Waals surface area contributed by atoms with Crippen molar-refractivity contribution in [3.05, 3.63) is 53.7 Å². The highest BCUT2D eigenvalue weighted by molar-refractivity contribution is 5.89. The van der Waals surface area contributed by atoms with Gasteiger partial charge in [-0.2, -0.15) is 0 Å². The molecular weight excluding hydrogens is 263 g/mol. The summed E-state index contributed by atoms with van der Waals surface area (Å²) in [5.74, 6) is -0.154. The predicted molar refractivity (Wildman–Crippen MR) is 71.8 cm³/mol. The summed E-state index contributed by atoms with van der Waals surface area (Å²) in [4.78, 5) is 11.6. The smallest absolute Gasteiger partial charge is 0.319 e. The zero-order valence-electron chi connectivity index (χ0n) is 10.9. The summed E-state index contributed by atoms with van der Waals surface area (Å²) < 4.78 is 18.5.